The van der Waals surface area contributed by atoms with Gasteiger partial charge in [-0.25, -0.2) is 0 Å². The third kappa shape index (κ3) is 2.05. The van der Waals surface area contributed by atoms with Gasteiger partial charge in [0.2, 0.25) is 0 Å². The van der Waals surface area contributed by atoms with Crippen molar-refractivity contribution in [3.63, 3.8) is 0 Å². The SMILES string of the molecule is COC1(CCC(C)C2CC2)CNC1. The highest BCUT2D eigenvalue weighted by atomic mass is 16.5. The number of hydrogen-bond donors (Lipinski definition) is 1. The van der Waals surface area contributed by atoms with Gasteiger partial charge in [-0.3, -0.25) is 0 Å². The summed E-state index contributed by atoms with van der Waals surface area (Å²) in [7, 11) is 1.85. The first-order valence-electron chi connectivity index (χ1n) is 5.52. The third-order valence-electron chi connectivity index (χ3n) is 3.81. The summed E-state index contributed by atoms with van der Waals surface area (Å²) in [5.74, 6) is 1.97. The fourth-order valence-electron chi connectivity index (χ4n) is 2.22. The fourth-order valence-corrected chi connectivity index (χ4v) is 2.22. The second kappa shape index (κ2) is 3.58. The standard InChI is InChI=1S/C11H21NO/c1-9(10-3-4-10)5-6-11(13-2)7-12-8-11/h9-10,12H,3-8H2,1-2H3. The summed E-state index contributed by atoms with van der Waals surface area (Å²) in [5, 5.41) is 3.30. The molecule has 1 aliphatic heterocycles. The molecule has 2 nitrogen and oxygen atoms in total. The first-order chi connectivity index (χ1) is 6.26. The summed E-state index contributed by atoms with van der Waals surface area (Å²) in [4.78, 5) is 0. The quantitative estimate of drug-likeness (QED) is 0.702. The molecule has 1 aliphatic carbocycles. The monoisotopic (exact) mass is 183 g/mol. The summed E-state index contributed by atoms with van der Waals surface area (Å²) in [6.07, 6.45) is 5.53. The highest BCUT2D eigenvalue weighted by Gasteiger charge is 2.38. The summed E-state index contributed by atoms with van der Waals surface area (Å²) in [6, 6.07) is 0. The zero-order valence-electron chi connectivity index (χ0n) is 8.81. The first kappa shape index (κ1) is 9.47. The van der Waals surface area contributed by atoms with E-state index in [0.29, 0.717) is 0 Å². The molecule has 1 saturated heterocycles. The zero-order chi connectivity index (χ0) is 9.31. The summed E-state index contributed by atoms with van der Waals surface area (Å²) < 4.78 is 5.56. The van der Waals surface area contributed by atoms with Crippen LogP contribution in [-0.2, 0) is 4.74 Å². The van der Waals surface area contributed by atoms with Gasteiger partial charge in [-0.05, 0) is 37.5 Å². The molecule has 2 heteroatoms. The van der Waals surface area contributed by atoms with E-state index in [4.69, 9.17) is 4.74 Å². The van der Waals surface area contributed by atoms with Gasteiger partial charge in [0.1, 0.15) is 0 Å². The van der Waals surface area contributed by atoms with Crippen LogP contribution in [0.15, 0.2) is 0 Å². The molecule has 2 aliphatic rings. The molecule has 0 aromatic rings. The average Bonchev–Trinajstić information content (AvgIpc) is 2.85. The Morgan fingerprint density at radius 1 is 1.46 bits per heavy atom. The van der Waals surface area contributed by atoms with E-state index in [1.165, 1.54) is 25.7 Å². The molecule has 0 bridgehead atoms. The Hall–Kier alpha value is -0.0800. The van der Waals surface area contributed by atoms with Crippen LogP contribution in [0, 0.1) is 11.8 Å². The molecule has 0 spiro atoms. The lowest BCUT2D eigenvalue weighted by molar-refractivity contribution is -0.0608. The van der Waals surface area contributed by atoms with Gasteiger partial charge in [-0.2, -0.15) is 0 Å². The Bertz CT molecular complexity index is 167. The zero-order valence-corrected chi connectivity index (χ0v) is 8.81. The summed E-state index contributed by atoms with van der Waals surface area (Å²) in [6.45, 7) is 4.51. The molecular formula is C11H21NO. The van der Waals surface area contributed by atoms with Gasteiger partial charge >= 0.3 is 0 Å². The van der Waals surface area contributed by atoms with E-state index in [9.17, 15) is 0 Å². The minimum atomic E-state index is 0.198. The maximum Gasteiger partial charge on any atom is 0.0926 e. The van der Waals surface area contributed by atoms with E-state index in [2.05, 4.69) is 12.2 Å². The number of methoxy groups -OCH3 is 1. The van der Waals surface area contributed by atoms with Gasteiger partial charge < -0.3 is 10.1 Å². The normalized spacial score (nSPS) is 28.2. The van der Waals surface area contributed by atoms with Gasteiger partial charge in [-0.15, -0.1) is 0 Å². The van der Waals surface area contributed by atoms with Crippen LogP contribution >= 0.6 is 0 Å². The highest BCUT2D eigenvalue weighted by molar-refractivity contribution is 4.95. The van der Waals surface area contributed by atoms with E-state index in [0.717, 1.165) is 24.9 Å². The molecule has 1 atom stereocenters. The summed E-state index contributed by atoms with van der Waals surface area (Å²) >= 11 is 0. The van der Waals surface area contributed by atoms with E-state index >= 15 is 0 Å². The van der Waals surface area contributed by atoms with E-state index in [1.807, 2.05) is 7.11 Å². The van der Waals surface area contributed by atoms with Crippen LogP contribution in [0.2, 0.25) is 0 Å². The van der Waals surface area contributed by atoms with Crippen LogP contribution in [-0.4, -0.2) is 25.8 Å². The van der Waals surface area contributed by atoms with Gasteiger partial charge in [-0.1, -0.05) is 6.92 Å². The fraction of sp³-hybridized carbons (Fsp3) is 1.00. The van der Waals surface area contributed by atoms with Crippen molar-refractivity contribution in [1.82, 2.24) is 5.32 Å². The van der Waals surface area contributed by atoms with Gasteiger partial charge in [0.15, 0.2) is 0 Å². The van der Waals surface area contributed by atoms with Crippen molar-refractivity contribution in [1.29, 1.82) is 0 Å². The molecule has 76 valence electrons. The minimum Gasteiger partial charge on any atom is -0.376 e. The maximum atomic E-state index is 5.56. The number of nitrogens with one attached hydrogen (secondary N) is 1. The Balaban J connectivity index is 1.70. The predicted octanol–water partition coefficient (Wildman–Crippen LogP) is 1.80. The van der Waals surface area contributed by atoms with Crippen LogP contribution < -0.4 is 5.32 Å². The van der Waals surface area contributed by atoms with Crippen LogP contribution in [0.5, 0.6) is 0 Å². The number of ether oxygens (including phenoxy) is 1. The molecule has 0 aromatic heterocycles. The van der Waals surface area contributed by atoms with Crippen LogP contribution in [0.25, 0.3) is 0 Å². The van der Waals surface area contributed by atoms with Crippen molar-refractivity contribution in [2.24, 2.45) is 11.8 Å². The lowest BCUT2D eigenvalue weighted by Crippen LogP contribution is -2.60. The summed E-state index contributed by atoms with van der Waals surface area (Å²) in [5.41, 5.74) is 0.198. The molecule has 1 unspecified atom stereocenters. The Labute approximate surface area is 81.0 Å². The maximum absolute atomic E-state index is 5.56. The van der Waals surface area contributed by atoms with Crippen molar-refractivity contribution in [3.8, 4) is 0 Å². The topological polar surface area (TPSA) is 21.3 Å². The smallest absolute Gasteiger partial charge is 0.0926 e. The van der Waals surface area contributed by atoms with Crippen LogP contribution in [0.4, 0.5) is 0 Å². The third-order valence-corrected chi connectivity index (χ3v) is 3.81. The molecule has 0 aromatic carbocycles. The average molecular weight is 183 g/mol. The molecule has 0 amide bonds. The van der Waals surface area contributed by atoms with Gasteiger partial charge in [0.25, 0.3) is 0 Å². The van der Waals surface area contributed by atoms with Crippen molar-refractivity contribution in [2.75, 3.05) is 20.2 Å². The molecule has 1 saturated carbocycles. The van der Waals surface area contributed by atoms with Gasteiger partial charge in [0.05, 0.1) is 5.60 Å². The number of hydrogen-bond acceptors (Lipinski definition) is 2. The second-order valence-corrected chi connectivity index (χ2v) is 4.84. The Kier molecular flexibility index (Phi) is 2.61. The van der Waals surface area contributed by atoms with E-state index in [-0.39, 0.29) is 5.60 Å². The van der Waals surface area contributed by atoms with E-state index < -0.39 is 0 Å². The van der Waals surface area contributed by atoms with Crippen LogP contribution in [0.1, 0.15) is 32.6 Å². The number of rotatable bonds is 5. The Morgan fingerprint density at radius 3 is 2.54 bits per heavy atom. The minimum absolute atomic E-state index is 0.198. The molecule has 13 heavy (non-hydrogen) atoms. The molecule has 2 fully saturated rings. The largest absolute Gasteiger partial charge is 0.376 e. The molecule has 0 radical (unpaired) electrons. The van der Waals surface area contributed by atoms with Crippen molar-refractivity contribution in [2.45, 2.75) is 38.2 Å². The van der Waals surface area contributed by atoms with Crippen LogP contribution in [0.3, 0.4) is 0 Å². The van der Waals surface area contributed by atoms with Crippen molar-refractivity contribution < 1.29 is 4.74 Å². The lowest BCUT2D eigenvalue weighted by atomic mass is 9.86. The predicted molar refractivity (Wildman–Crippen MR) is 53.7 cm³/mol. The van der Waals surface area contributed by atoms with Gasteiger partial charge in [0, 0.05) is 20.2 Å². The van der Waals surface area contributed by atoms with Crippen molar-refractivity contribution in [3.05, 3.63) is 0 Å². The molecule has 1 N–H and O–H groups in total. The lowest BCUT2D eigenvalue weighted by Gasteiger charge is -2.42. The first-order valence-corrected chi connectivity index (χ1v) is 5.52. The highest BCUT2D eigenvalue weighted by Crippen LogP contribution is 2.40. The van der Waals surface area contributed by atoms with Crippen molar-refractivity contribution >= 4 is 0 Å². The van der Waals surface area contributed by atoms with E-state index in [1.54, 1.807) is 0 Å². The molecular weight excluding hydrogens is 162 g/mol. The second-order valence-electron chi connectivity index (χ2n) is 4.84. The molecule has 2 rings (SSSR count). The molecule has 1 heterocycles. The Morgan fingerprint density at radius 2 is 2.15 bits per heavy atom.